The van der Waals surface area contributed by atoms with Crippen LogP contribution in [-0.2, 0) is 16.6 Å². The number of aryl methyl sites for hydroxylation is 1. The van der Waals surface area contributed by atoms with Crippen molar-refractivity contribution in [1.82, 2.24) is 4.98 Å². The Morgan fingerprint density at radius 2 is 2.00 bits per heavy atom. The molecule has 1 unspecified atom stereocenters. The molecular formula is C15H18N2O3S. The lowest BCUT2D eigenvalue weighted by atomic mass is 10.2. The normalized spacial score (nSPS) is 12.0. The fourth-order valence-electron chi connectivity index (χ4n) is 2.08. The third kappa shape index (κ3) is 3.33. The van der Waals surface area contributed by atoms with E-state index in [2.05, 4.69) is 4.98 Å². The van der Waals surface area contributed by atoms with E-state index in [-0.39, 0.29) is 5.75 Å². The molecular weight excluding hydrogens is 288 g/mol. The lowest BCUT2D eigenvalue weighted by molar-refractivity contribution is 0.350. The number of aromatic nitrogens is 1. The first-order valence-electron chi connectivity index (χ1n) is 6.37. The molecule has 0 bridgehead atoms. The maximum absolute atomic E-state index is 12.5. The Labute approximate surface area is 126 Å². The van der Waals surface area contributed by atoms with E-state index in [0.717, 1.165) is 10.5 Å². The second kappa shape index (κ2) is 6.58. The fraction of sp³-hybridized carbons (Fsp3) is 0.267. The van der Waals surface area contributed by atoms with Crippen molar-refractivity contribution in [1.29, 1.82) is 0 Å². The largest absolute Gasteiger partial charge is 0.493 e. The van der Waals surface area contributed by atoms with Gasteiger partial charge in [-0.15, -0.1) is 0 Å². The van der Waals surface area contributed by atoms with Gasteiger partial charge in [-0.2, -0.15) is 0 Å². The summed E-state index contributed by atoms with van der Waals surface area (Å²) < 4.78 is 23.1. The van der Waals surface area contributed by atoms with Gasteiger partial charge >= 0.3 is 0 Å². The predicted molar refractivity (Wildman–Crippen MR) is 83.0 cm³/mol. The molecule has 6 heteroatoms. The second-order valence-electron chi connectivity index (χ2n) is 4.51. The molecule has 0 spiro atoms. The van der Waals surface area contributed by atoms with Crippen LogP contribution < -0.4 is 15.2 Å². The number of anilines is 1. The van der Waals surface area contributed by atoms with Gasteiger partial charge in [-0.05, 0) is 30.7 Å². The van der Waals surface area contributed by atoms with Gasteiger partial charge in [0.05, 0.1) is 36.5 Å². The van der Waals surface area contributed by atoms with Gasteiger partial charge in [0, 0.05) is 22.8 Å². The van der Waals surface area contributed by atoms with Crippen LogP contribution in [0.5, 0.6) is 11.5 Å². The van der Waals surface area contributed by atoms with E-state index >= 15 is 0 Å². The summed E-state index contributed by atoms with van der Waals surface area (Å²) >= 11 is 0. The zero-order valence-electron chi connectivity index (χ0n) is 12.3. The minimum absolute atomic E-state index is 0.255. The van der Waals surface area contributed by atoms with Gasteiger partial charge in [0.15, 0.2) is 11.5 Å². The number of pyridine rings is 1. The summed E-state index contributed by atoms with van der Waals surface area (Å²) in [7, 11) is 1.87. The van der Waals surface area contributed by atoms with Crippen molar-refractivity contribution in [2.24, 2.45) is 0 Å². The van der Waals surface area contributed by atoms with Crippen LogP contribution in [0.1, 0.15) is 11.3 Å². The van der Waals surface area contributed by atoms with Crippen LogP contribution >= 0.6 is 0 Å². The molecule has 0 aliphatic rings. The number of ether oxygens (including phenoxy) is 2. The second-order valence-corrected chi connectivity index (χ2v) is 5.93. The topological polar surface area (TPSA) is 74.4 Å². The van der Waals surface area contributed by atoms with Crippen LogP contribution in [0.3, 0.4) is 0 Å². The lowest BCUT2D eigenvalue weighted by Crippen LogP contribution is -2.04. The van der Waals surface area contributed by atoms with E-state index in [0.29, 0.717) is 22.9 Å². The number of nitrogens with two attached hydrogens (primary N) is 1. The standard InChI is InChI=1S/C15H18N2O3S/c1-10-8-11(16)4-5-14(10)21(18)9-12-15(20-3)13(19-2)6-7-17-12/h4-8H,9,16H2,1-3H3. The minimum atomic E-state index is -1.23. The Morgan fingerprint density at radius 3 is 2.62 bits per heavy atom. The highest BCUT2D eigenvalue weighted by Gasteiger charge is 2.16. The highest BCUT2D eigenvalue weighted by atomic mass is 32.2. The molecule has 0 aliphatic carbocycles. The van der Waals surface area contributed by atoms with Gasteiger partial charge in [-0.1, -0.05) is 0 Å². The zero-order chi connectivity index (χ0) is 15.4. The summed E-state index contributed by atoms with van der Waals surface area (Å²) in [6, 6.07) is 7.05. The molecule has 0 saturated carbocycles. The van der Waals surface area contributed by atoms with Crippen LogP contribution in [0, 0.1) is 6.92 Å². The van der Waals surface area contributed by atoms with Gasteiger partial charge in [-0.25, -0.2) is 0 Å². The van der Waals surface area contributed by atoms with E-state index in [1.54, 1.807) is 38.6 Å². The average Bonchev–Trinajstić information content (AvgIpc) is 2.46. The average molecular weight is 306 g/mol. The third-order valence-corrected chi connectivity index (χ3v) is 4.56. The molecule has 0 saturated heterocycles. The molecule has 112 valence electrons. The molecule has 1 aromatic heterocycles. The van der Waals surface area contributed by atoms with E-state index < -0.39 is 10.8 Å². The molecule has 0 aliphatic heterocycles. The monoisotopic (exact) mass is 306 g/mol. The number of rotatable bonds is 5. The summed E-state index contributed by atoms with van der Waals surface area (Å²) in [5.74, 6) is 1.35. The van der Waals surface area contributed by atoms with E-state index in [9.17, 15) is 4.21 Å². The molecule has 1 atom stereocenters. The minimum Gasteiger partial charge on any atom is -0.493 e. The van der Waals surface area contributed by atoms with Crippen LogP contribution in [0.15, 0.2) is 35.4 Å². The van der Waals surface area contributed by atoms with Crippen LogP contribution in [-0.4, -0.2) is 23.4 Å². The zero-order valence-corrected chi connectivity index (χ0v) is 13.1. The smallest absolute Gasteiger partial charge is 0.183 e. The van der Waals surface area contributed by atoms with Crippen molar-refractivity contribution in [3.8, 4) is 11.5 Å². The third-order valence-electron chi connectivity index (χ3n) is 3.08. The van der Waals surface area contributed by atoms with Crippen molar-refractivity contribution in [2.45, 2.75) is 17.6 Å². The SMILES string of the molecule is COc1ccnc(CS(=O)c2ccc(N)cc2C)c1OC. The van der Waals surface area contributed by atoms with Crippen LogP contribution in [0.25, 0.3) is 0 Å². The molecule has 5 nitrogen and oxygen atoms in total. The molecule has 1 aromatic carbocycles. The van der Waals surface area contributed by atoms with Crippen LogP contribution in [0.4, 0.5) is 5.69 Å². The van der Waals surface area contributed by atoms with Gasteiger partial charge in [0.25, 0.3) is 0 Å². The van der Waals surface area contributed by atoms with Crippen molar-refractivity contribution < 1.29 is 13.7 Å². The first kappa shape index (κ1) is 15.3. The summed E-state index contributed by atoms with van der Waals surface area (Å²) in [6.07, 6.45) is 1.61. The van der Waals surface area contributed by atoms with Crippen molar-refractivity contribution in [2.75, 3.05) is 20.0 Å². The Bertz CT molecular complexity index is 674. The first-order chi connectivity index (χ1) is 10.1. The summed E-state index contributed by atoms with van der Waals surface area (Å²) in [5, 5.41) is 0. The summed E-state index contributed by atoms with van der Waals surface area (Å²) in [5.41, 5.74) is 7.88. The number of nitrogen functional groups attached to an aromatic ring is 1. The molecule has 2 N–H and O–H groups in total. The Hall–Kier alpha value is -2.08. The predicted octanol–water partition coefficient (Wildman–Crippen LogP) is 2.30. The fourth-order valence-corrected chi connectivity index (χ4v) is 3.33. The Balaban J connectivity index is 2.31. The maximum atomic E-state index is 12.5. The molecule has 2 aromatic rings. The van der Waals surface area contributed by atoms with E-state index in [1.165, 1.54) is 0 Å². The molecule has 2 rings (SSSR count). The number of benzene rings is 1. The quantitative estimate of drug-likeness (QED) is 0.858. The molecule has 0 fully saturated rings. The van der Waals surface area contributed by atoms with Crippen molar-refractivity contribution in [3.05, 3.63) is 41.7 Å². The van der Waals surface area contributed by atoms with Crippen molar-refractivity contribution in [3.63, 3.8) is 0 Å². The number of hydrogen-bond donors (Lipinski definition) is 1. The molecule has 0 amide bonds. The van der Waals surface area contributed by atoms with Gasteiger partial charge < -0.3 is 15.2 Å². The lowest BCUT2D eigenvalue weighted by Gasteiger charge is -2.12. The number of methoxy groups -OCH3 is 2. The molecule has 0 radical (unpaired) electrons. The number of hydrogen-bond acceptors (Lipinski definition) is 5. The van der Waals surface area contributed by atoms with Crippen molar-refractivity contribution >= 4 is 16.5 Å². The van der Waals surface area contributed by atoms with E-state index in [1.807, 2.05) is 13.0 Å². The van der Waals surface area contributed by atoms with E-state index in [4.69, 9.17) is 15.2 Å². The highest BCUT2D eigenvalue weighted by Crippen LogP contribution is 2.31. The highest BCUT2D eigenvalue weighted by molar-refractivity contribution is 7.84. The summed E-state index contributed by atoms with van der Waals surface area (Å²) in [4.78, 5) is 4.99. The summed E-state index contributed by atoms with van der Waals surface area (Å²) in [6.45, 7) is 1.89. The molecule has 21 heavy (non-hydrogen) atoms. The van der Waals surface area contributed by atoms with Gasteiger partial charge in [0.2, 0.25) is 0 Å². The van der Waals surface area contributed by atoms with Gasteiger partial charge in [0.1, 0.15) is 0 Å². The Kier molecular flexibility index (Phi) is 4.80. The number of nitrogens with zero attached hydrogens (tertiary/aromatic N) is 1. The first-order valence-corrected chi connectivity index (χ1v) is 7.69. The van der Waals surface area contributed by atoms with Gasteiger partial charge in [-0.3, -0.25) is 9.19 Å². The maximum Gasteiger partial charge on any atom is 0.183 e. The molecule has 1 heterocycles. The Morgan fingerprint density at radius 1 is 1.24 bits per heavy atom. The van der Waals surface area contributed by atoms with Crippen LogP contribution in [0.2, 0.25) is 0 Å².